The van der Waals surface area contributed by atoms with E-state index in [0.717, 1.165) is 0 Å². The van der Waals surface area contributed by atoms with Crippen molar-refractivity contribution in [2.24, 2.45) is 5.73 Å². The summed E-state index contributed by atoms with van der Waals surface area (Å²) < 4.78 is 18.0. The van der Waals surface area contributed by atoms with Crippen molar-refractivity contribution in [1.82, 2.24) is 0 Å². The molecule has 0 fully saturated rings. The molecule has 0 aliphatic carbocycles. The average Bonchev–Trinajstić information content (AvgIpc) is 2.02. The number of hydrogen-bond donors (Lipinski definition) is 1. The van der Waals surface area contributed by atoms with Gasteiger partial charge in [0.15, 0.2) is 5.60 Å². The highest BCUT2D eigenvalue weighted by Crippen LogP contribution is 2.18. The lowest BCUT2D eigenvalue weighted by atomic mass is 10.1. The Morgan fingerprint density at radius 3 is 2.64 bits per heavy atom. The van der Waals surface area contributed by atoms with Crippen molar-refractivity contribution < 1.29 is 13.9 Å². The molecule has 0 saturated carbocycles. The van der Waals surface area contributed by atoms with Crippen LogP contribution in [0.5, 0.6) is 5.75 Å². The van der Waals surface area contributed by atoms with Crippen molar-refractivity contribution in [2.45, 2.75) is 19.4 Å². The van der Waals surface area contributed by atoms with Crippen LogP contribution in [0.2, 0.25) is 0 Å². The Balaban J connectivity index is 2.83. The second-order valence-corrected chi connectivity index (χ2v) is 3.43. The van der Waals surface area contributed by atoms with Gasteiger partial charge in [-0.3, -0.25) is 4.79 Å². The Kier molecular flexibility index (Phi) is 2.74. The summed E-state index contributed by atoms with van der Waals surface area (Å²) >= 11 is 0. The molecule has 0 unspecified atom stereocenters. The zero-order valence-corrected chi connectivity index (χ0v) is 8.08. The molecule has 4 heteroatoms. The lowest BCUT2D eigenvalue weighted by Crippen LogP contribution is -2.43. The molecule has 0 atom stereocenters. The van der Waals surface area contributed by atoms with E-state index in [9.17, 15) is 9.18 Å². The number of benzene rings is 1. The minimum Gasteiger partial charge on any atom is -0.478 e. The molecule has 2 N–H and O–H groups in total. The van der Waals surface area contributed by atoms with E-state index in [2.05, 4.69) is 0 Å². The first kappa shape index (κ1) is 10.5. The second kappa shape index (κ2) is 3.65. The van der Waals surface area contributed by atoms with Gasteiger partial charge in [0.05, 0.1) is 0 Å². The molecule has 76 valence electrons. The zero-order chi connectivity index (χ0) is 10.8. The van der Waals surface area contributed by atoms with Crippen molar-refractivity contribution in [3.8, 4) is 5.75 Å². The van der Waals surface area contributed by atoms with Gasteiger partial charge in [-0.15, -0.1) is 0 Å². The summed E-state index contributed by atoms with van der Waals surface area (Å²) in [6, 6.07) is 5.56. The quantitative estimate of drug-likeness (QED) is 0.797. The lowest BCUT2D eigenvalue weighted by Gasteiger charge is -2.22. The lowest BCUT2D eigenvalue weighted by molar-refractivity contribution is -0.130. The van der Waals surface area contributed by atoms with Gasteiger partial charge in [0.2, 0.25) is 0 Å². The van der Waals surface area contributed by atoms with Crippen LogP contribution in [0.25, 0.3) is 0 Å². The number of nitrogens with two attached hydrogens (primary N) is 1. The predicted molar refractivity (Wildman–Crippen MR) is 50.3 cm³/mol. The third-order valence-corrected chi connectivity index (χ3v) is 1.76. The molecule has 0 heterocycles. The fraction of sp³-hybridized carbons (Fsp3) is 0.300. The number of ether oxygens (including phenoxy) is 1. The minimum absolute atomic E-state index is 0.286. The Labute approximate surface area is 81.7 Å². The van der Waals surface area contributed by atoms with E-state index in [-0.39, 0.29) is 5.75 Å². The Bertz CT molecular complexity index is 350. The van der Waals surface area contributed by atoms with Crippen molar-refractivity contribution >= 4 is 5.91 Å². The molecule has 1 rings (SSSR count). The standard InChI is InChI=1S/C10H12FNO2/c1-10(2,9(12)13)14-8-5-3-4-7(11)6-8/h3-6H,1-2H3,(H2,12,13). The molecule has 0 aromatic heterocycles. The molecule has 14 heavy (non-hydrogen) atoms. The van der Waals surface area contributed by atoms with E-state index in [1.54, 1.807) is 6.07 Å². The molecule has 0 bridgehead atoms. The van der Waals surface area contributed by atoms with E-state index in [1.165, 1.54) is 32.0 Å². The van der Waals surface area contributed by atoms with Gasteiger partial charge in [0.25, 0.3) is 5.91 Å². The van der Waals surface area contributed by atoms with E-state index in [0.29, 0.717) is 0 Å². The van der Waals surface area contributed by atoms with Crippen molar-refractivity contribution in [1.29, 1.82) is 0 Å². The molecule has 0 radical (unpaired) electrons. The molecule has 1 aromatic rings. The van der Waals surface area contributed by atoms with Crippen LogP contribution >= 0.6 is 0 Å². The normalized spacial score (nSPS) is 11.1. The maximum absolute atomic E-state index is 12.7. The van der Waals surface area contributed by atoms with Crippen LogP contribution < -0.4 is 10.5 Å². The van der Waals surface area contributed by atoms with E-state index >= 15 is 0 Å². The number of carbonyl (C=O) groups is 1. The number of amides is 1. The third kappa shape index (κ3) is 2.45. The van der Waals surface area contributed by atoms with Gasteiger partial charge in [0, 0.05) is 6.07 Å². The van der Waals surface area contributed by atoms with Crippen LogP contribution in [-0.2, 0) is 4.79 Å². The molecule has 0 aliphatic rings. The van der Waals surface area contributed by atoms with Crippen molar-refractivity contribution in [2.75, 3.05) is 0 Å². The highest BCUT2D eigenvalue weighted by molar-refractivity contribution is 5.82. The van der Waals surface area contributed by atoms with Gasteiger partial charge in [-0.25, -0.2) is 4.39 Å². The first-order chi connectivity index (χ1) is 6.42. The monoisotopic (exact) mass is 197 g/mol. The van der Waals surface area contributed by atoms with Gasteiger partial charge in [-0.1, -0.05) is 6.07 Å². The second-order valence-electron chi connectivity index (χ2n) is 3.43. The molecule has 0 spiro atoms. The van der Waals surface area contributed by atoms with Gasteiger partial charge < -0.3 is 10.5 Å². The van der Waals surface area contributed by atoms with Crippen LogP contribution in [0.1, 0.15) is 13.8 Å². The SMILES string of the molecule is CC(C)(Oc1cccc(F)c1)C(N)=O. The highest BCUT2D eigenvalue weighted by Gasteiger charge is 2.26. The summed E-state index contributed by atoms with van der Waals surface area (Å²) in [4.78, 5) is 10.9. The van der Waals surface area contributed by atoms with Crippen LogP contribution in [0.3, 0.4) is 0 Å². The average molecular weight is 197 g/mol. The number of primary amides is 1. The number of carbonyl (C=O) groups excluding carboxylic acids is 1. The molecule has 0 aliphatic heterocycles. The fourth-order valence-corrected chi connectivity index (χ4v) is 0.875. The number of rotatable bonds is 3. The molecular formula is C10H12FNO2. The molecule has 0 saturated heterocycles. The summed E-state index contributed by atoms with van der Waals surface area (Å²) in [6.45, 7) is 3.06. The first-order valence-electron chi connectivity index (χ1n) is 4.16. The maximum atomic E-state index is 12.7. The van der Waals surface area contributed by atoms with Gasteiger partial charge >= 0.3 is 0 Å². The summed E-state index contributed by atoms with van der Waals surface area (Å²) in [5.41, 5.74) is 3.97. The van der Waals surface area contributed by atoms with E-state index < -0.39 is 17.3 Å². The van der Waals surface area contributed by atoms with Crippen LogP contribution in [0.15, 0.2) is 24.3 Å². The van der Waals surface area contributed by atoms with Crippen LogP contribution in [0.4, 0.5) is 4.39 Å². The summed E-state index contributed by atoms with van der Waals surface area (Å²) in [6.07, 6.45) is 0. The van der Waals surface area contributed by atoms with Gasteiger partial charge in [0.1, 0.15) is 11.6 Å². The van der Waals surface area contributed by atoms with E-state index in [1.807, 2.05) is 0 Å². The molecule has 1 amide bonds. The minimum atomic E-state index is -1.13. The number of hydrogen-bond acceptors (Lipinski definition) is 2. The predicted octanol–water partition coefficient (Wildman–Crippen LogP) is 1.47. The topological polar surface area (TPSA) is 52.3 Å². The van der Waals surface area contributed by atoms with Crippen molar-refractivity contribution in [3.63, 3.8) is 0 Å². The molecular weight excluding hydrogens is 185 g/mol. The van der Waals surface area contributed by atoms with Gasteiger partial charge in [-0.2, -0.15) is 0 Å². The Hall–Kier alpha value is -1.58. The smallest absolute Gasteiger partial charge is 0.261 e. The summed E-state index contributed by atoms with van der Waals surface area (Å²) in [5, 5.41) is 0. The zero-order valence-electron chi connectivity index (χ0n) is 8.08. The third-order valence-electron chi connectivity index (χ3n) is 1.76. The Morgan fingerprint density at radius 2 is 2.14 bits per heavy atom. The highest BCUT2D eigenvalue weighted by atomic mass is 19.1. The Morgan fingerprint density at radius 1 is 1.50 bits per heavy atom. The maximum Gasteiger partial charge on any atom is 0.261 e. The first-order valence-corrected chi connectivity index (χ1v) is 4.16. The number of halogens is 1. The van der Waals surface area contributed by atoms with Crippen molar-refractivity contribution in [3.05, 3.63) is 30.1 Å². The largest absolute Gasteiger partial charge is 0.478 e. The van der Waals surface area contributed by atoms with Crippen LogP contribution in [-0.4, -0.2) is 11.5 Å². The molecule has 3 nitrogen and oxygen atoms in total. The van der Waals surface area contributed by atoms with Gasteiger partial charge in [-0.05, 0) is 26.0 Å². The van der Waals surface area contributed by atoms with E-state index in [4.69, 9.17) is 10.5 Å². The fourth-order valence-electron chi connectivity index (χ4n) is 0.875. The van der Waals surface area contributed by atoms with Crippen LogP contribution in [0, 0.1) is 5.82 Å². The molecule has 1 aromatic carbocycles. The summed E-state index contributed by atoms with van der Waals surface area (Å²) in [5.74, 6) is -0.724. The summed E-state index contributed by atoms with van der Waals surface area (Å²) in [7, 11) is 0.